The zero-order valence-electron chi connectivity index (χ0n) is 12.6. The van der Waals surface area contributed by atoms with Crippen molar-refractivity contribution in [3.05, 3.63) is 0 Å². The van der Waals surface area contributed by atoms with Crippen LogP contribution in [0.4, 0.5) is 17.8 Å². The van der Waals surface area contributed by atoms with Gasteiger partial charge in [-0.2, -0.15) is 15.0 Å². The van der Waals surface area contributed by atoms with Gasteiger partial charge in [0.05, 0.1) is 11.5 Å². The Morgan fingerprint density at radius 2 is 1.95 bits per heavy atom. The summed E-state index contributed by atoms with van der Waals surface area (Å²) in [5.41, 5.74) is 0. The maximum atomic E-state index is 11.5. The number of rotatable bonds is 6. The first-order valence-corrected chi connectivity index (χ1v) is 8.86. The number of anilines is 3. The van der Waals surface area contributed by atoms with Crippen molar-refractivity contribution in [2.24, 2.45) is 0 Å². The molecule has 2 heterocycles. The van der Waals surface area contributed by atoms with E-state index in [4.69, 9.17) is 0 Å². The monoisotopic (exact) mass is 314 g/mol. The van der Waals surface area contributed by atoms with Crippen LogP contribution in [-0.2, 0) is 9.84 Å². The SMILES string of the molecule is CCCNc1nc(NC2CCS(=O)(=O)C2)nc(N(C)C)n1. The van der Waals surface area contributed by atoms with Gasteiger partial charge in [-0.1, -0.05) is 6.92 Å². The Morgan fingerprint density at radius 3 is 2.52 bits per heavy atom. The van der Waals surface area contributed by atoms with Gasteiger partial charge in [-0.25, -0.2) is 8.42 Å². The molecule has 1 saturated heterocycles. The van der Waals surface area contributed by atoms with E-state index in [1.165, 1.54) is 0 Å². The lowest BCUT2D eigenvalue weighted by Crippen LogP contribution is -2.24. The van der Waals surface area contributed by atoms with Crippen LogP contribution in [-0.4, -0.2) is 61.6 Å². The fourth-order valence-corrected chi connectivity index (χ4v) is 3.71. The molecule has 1 fully saturated rings. The Hall–Kier alpha value is -1.64. The molecule has 0 spiro atoms. The number of aromatic nitrogens is 3. The highest BCUT2D eigenvalue weighted by Gasteiger charge is 2.28. The minimum atomic E-state index is -2.93. The van der Waals surface area contributed by atoms with Gasteiger partial charge in [-0.15, -0.1) is 0 Å². The summed E-state index contributed by atoms with van der Waals surface area (Å²) in [4.78, 5) is 14.7. The van der Waals surface area contributed by atoms with Crippen LogP contribution in [0.1, 0.15) is 19.8 Å². The number of nitrogens with one attached hydrogen (secondary N) is 2. The van der Waals surface area contributed by atoms with Crippen LogP contribution < -0.4 is 15.5 Å². The summed E-state index contributed by atoms with van der Waals surface area (Å²) in [6.45, 7) is 2.83. The van der Waals surface area contributed by atoms with Crippen molar-refractivity contribution in [3.63, 3.8) is 0 Å². The summed E-state index contributed by atoms with van der Waals surface area (Å²) in [5, 5.41) is 6.22. The van der Waals surface area contributed by atoms with E-state index in [1.807, 2.05) is 14.1 Å². The highest BCUT2D eigenvalue weighted by molar-refractivity contribution is 7.91. The standard InChI is InChI=1S/C12H22N6O2S/c1-4-6-13-10-15-11(17-12(16-10)18(2)3)14-9-5-7-21(19,20)8-9/h9H,4-8H2,1-3H3,(H2,13,14,15,16,17). The van der Waals surface area contributed by atoms with Crippen LogP contribution in [0.5, 0.6) is 0 Å². The number of hydrogen-bond donors (Lipinski definition) is 2. The summed E-state index contributed by atoms with van der Waals surface area (Å²) in [7, 11) is 0.774. The second kappa shape index (κ2) is 6.42. The predicted molar refractivity (Wildman–Crippen MR) is 83.6 cm³/mol. The van der Waals surface area contributed by atoms with Crippen LogP contribution >= 0.6 is 0 Å². The van der Waals surface area contributed by atoms with Crippen molar-refractivity contribution >= 4 is 27.7 Å². The minimum Gasteiger partial charge on any atom is -0.354 e. The molecule has 21 heavy (non-hydrogen) atoms. The molecule has 2 N–H and O–H groups in total. The van der Waals surface area contributed by atoms with Crippen LogP contribution in [0.3, 0.4) is 0 Å². The summed E-state index contributed by atoms with van der Waals surface area (Å²) >= 11 is 0. The lowest BCUT2D eigenvalue weighted by molar-refractivity contribution is 0.602. The molecule has 1 aromatic rings. The van der Waals surface area contributed by atoms with Gasteiger partial charge in [-0.3, -0.25) is 0 Å². The molecule has 2 rings (SSSR count). The maximum Gasteiger partial charge on any atom is 0.231 e. The van der Waals surface area contributed by atoms with E-state index < -0.39 is 9.84 Å². The third-order valence-electron chi connectivity index (χ3n) is 3.12. The van der Waals surface area contributed by atoms with Crippen LogP contribution in [0.15, 0.2) is 0 Å². The smallest absolute Gasteiger partial charge is 0.231 e. The predicted octanol–water partition coefficient (Wildman–Crippen LogP) is 0.359. The van der Waals surface area contributed by atoms with E-state index >= 15 is 0 Å². The Bertz CT molecular complexity index is 589. The zero-order valence-corrected chi connectivity index (χ0v) is 13.4. The van der Waals surface area contributed by atoms with Crippen molar-refractivity contribution in [2.75, 3.05) is 47.7 Å². The third-order valence-corrected chi connectivity index (χ3v) is 4.89. The van der Waals surface area contributed by atoms with E-state index in [0.29, 0.717) is 24.3 Å². The molecule has 8 nitrogen and oxygen atoms in total. The topological polar surface area (TPSA) is 100 Å². The maximum absolute atomic E-state index is 11.5. The van der Waals surface area contributed by atoms with E-state index in [9.17, 15) is 8.42 Å². The molecule has 0 radical (unpaired) electrons. The summed E-state index contributed by atoms with van der Waals surface area (Å²) in [5.74, 6) is 1.80. The lowest BCUT2D eigenvalue weighted by atomic mass is 10.3. The Balaban J connectivity index is 2.15. The lowest BCUT2D eigenvalue weighted by Gasteiger charge is -2.16. The molecule has 0 saturated carbocycles. The number of nitrogens with zero attached hydrogens (tertiary/aromatic N) is 4. The van der Waals surface area contributed by atoms with Crippen LogP contribution in [0.2, 0.25) is 0 Å². The van der Waals surface area contributed by atoms with Crippen molar-refractivity contribution in [3.8, 4) is 0 Å². The molecule has 118 valence electrons. The first-order chi connectivity index (χ1) is 9.89. The summed E-state index contributed by atoms with van der Waals surface area (Å²) in [6, 6.07) is -0.133. The van der Waals surface area contributed by atoms with Gasteiger partial charge >= 0.3 is 0 Å². The fourth-order valence-electron chi connectivity index (χ4n) is 2.04. The molecule has 0 aliphatic carbocycles. The molecule has 9 heteroatoms. The molecule has 1 aromatic heterocycles. The van der Waals surface area contributed by atoms with E-state index in [-0.39, 0.29) is 17.5 Å². The fraction of sp³-hybridized carbons (Fsp3) is 0.750. The van der Waals surface area contributed by atoms with E-state index in [0.717, 1.165) is 13.0 Å². The Labute approximate surface area is 125 Å². The second-order valence-corrected chi connectivity index (χ2v) is 7.58. The van der Waals surface area contributed by atoms with Crippen LogP contribution in [0, 0.1) is 0 Å². The van der Waals surface area contributed by atoms with Gasteiger partial charge in [0, 0.05) is 26.7 Å². The molecule has 1 aliphatic rings. The molecule has 1 unspecified atom stereocenters. The van der Waals surface area contributed by atoms with E-state index in [2.05, 4.69) is 32.5 Å². The first-order valence-electron chi connectivity index (χ1n) is 7.04. The van der Waals surface area contributed by atoms with Crippen LogP contribution in [0.25, 0.3) is 0 Å². The first kappa shape index (κ1) is 15.7. The quantitative estimate of drug-likeness (QED) is 0.776. The van der Waals surface area contributed by atoms with Gasteiger partial charge in [-0.05, 0) is 12.8 Å². The zero-order chi connectivity index (χ0) is 15.5. The van der Waals surface area contributed by atoms with E-state index in [1.54, 1.807) is 4.90 Å². The molecular formula is C12H22N6O2S. The molecule has 1 aliphatic heterocycles. The second-order valence-electron chi connectivity index (χ2n) is 5.35. The van der Waals surface area contributed by atoms with Gasteiger partial charge in [0.1, 0.15) is 0 Å². The average molecular weight is 314 g/mol. The van der Waals surface area contributed by atoms with Gasteiger partial charge in [0.2, 0.25) is 17.8 Å². The Morgan fingerprint density at radius 1 is 1.24 bits per heavy atom. The summed E-state index contributed by atoms with van der Waals surface area (Å²) < 4.78 is 23.0. The minimum absolute atomic E-state index is 0.133. The van der Waals surface area contributed by atoms with Crippen molar-refractivity contribution in [1.29, 1.82) is 0 Å². The van der Waals surface area contributed by atoms with Gasteiger partial charge in [0.15, 0.2) is 9.84 Å². The van der Waals surface area contributed by atoms with Crippen molar-refractivity contribution in [2.45, 2.75) is 25.8 Å². The molecule has 0 amide bonds. The highest BCUT2D eigenvalue weighted by atomic mass is 32.2. The summed E-state index contributed by atoms with van der Waals surface area (Å²) in [6.07, 6.45) is 1.55. The van der Waals surface area contributed by atoms with Gasteiger partial charge in [0.25, 0.3) is 0 Å². The van der Waals surface area contributed by atoms with Gasteiger partial charge < -0.3 is 15.5 Å². The molecule has 0 aromatic carbocycles. The highest BCUT2D eigenvalue weighted by Crippen LogP contribution is 2.17. The largest absolute Gasteiger partial charge is 0.354 e. The number of sulfone groups is 1. The molecular weight excluding hydrogens is 292 g/mol. The third kappa shape index (κ3) is 4.42. The van der Waals surface area contributed by atoms with Crippen molar-refractivity contribution in [1.82, 2.24) is 15.0 Å². The Kier molecular flexibility index (Phi) is 4.81. The molecule has 1 atom stereocenters. The number of hydrogen-bond acceptors (Lipinski definition) is 8. The molecule has 0 bridgehead atoms. The normalized spacial score (nSPS) is 20.2. The average Bonchev–Trinajstić information content (AvgIpc) is 2.75. The van der Waals surface area contributed by atoms with Crippen molar-refractivity contribution < 1.29 is 8.42 Å².